The minimum atomic E-state index is -0.0400. The Balaban J connectivity index is 1.52. The van der Waals surface area contributed by atoms with Crippen LogP contribution in [0.5, 0.6) is 0 Å². The maximum atomic E-state index is 13.1. The number of hydrogen-bond acceptors (Lipinski definition) is 6. The van der Waals surface area contributed by atoms with Crippen LogP contribution in [0.1, 0.15) is 66.3 Å². The highest BCUT2D eigenvalue weighted by atomic mass is 16.5. The molecule has 2 aromatic rings. The molecule has 1 fully saturated rings. The van der Waals surface area contributed by atoms with Crippen molar-refractivity contribution < 1.29 is 14.1 Å². The molecule has 8 nitrogen and oxygen atoms in total. The van der Waals surface area contributed by atoms with Crippen LogP contribution in [0.4, 0.5) is 0 Å². The van der Waals surface area contributed by atoms with Gasteiger partial charge in [-0.2, -0.15) is 10.1 Å². The van der Waals surface area contributed by atoms with Gasteiger partial charge in [-0.3, -0.25) is 9.48 Å². The number of nitrogens with zero attached hydrogens (tertiary/aromatic N) is 5. The number of carbonyl (C=O) groups excluding carboxylic acids is 1. The lowest BCUT2D eigenvalue weighted by atomic mass is 9.95. The predicted octanol–water partition coefficient (Wildman–Crippen LogP) is 1.85. The highest BCUT2D eigenvalue weighted by Gasteiger charge is 2.34. The minimum Gasteiger partial charge on any atom is -0.369 e. The molecule has 0 bridgehead atoms. The van der Waals surface area contributed by atoms with Gasteiger partial charge in [0.1, 0.15) is 0 Å². The summed E-state index contributed by atoms with van der Waals surface area (Å²) in [5.41, 5.74) is 2.64. The van der Waals surface area contributed by atoms with E-state index >= 15 is 0 Å². The Morgan fingerprint density at radius 3 is 2.72 bits per heavy atom. The van der Waals surface area contributed by atoms with E-state index in [2.05, 4.69) is 15.2 Å². The van der Waals surface area contributed by atoms with E-state index < -0.39 is 0 Å². The first-order valence-corrected chi connectivity index (χ1v) is 8.81. The van der Waals surface area contributed by atoms with Crippen molar-refractivity contribution in [2.24, 2.45) is 7.05 Å². The van der Waals surface area contributed by atoms with Gasteiger partial charge in [-0.05, 0) is 26.7 Å². The topological polar surface area (TPSA) is 86.3 Å². The van der Waals surface area contributed by atoms with Gasteiger partial charge in [0.25, 0.3) is 5.91 Å². The van der Waals surface area contributed by atoms with Gasteiger partial charge >= 0.3 is 0 Å². The first-order chi connectivity index (χ1) is 12.0. The summed E-state index contributed by atoms with van der Waals surface area (Å²) in [6.45, 7) is 5.42. The van der Waals surface area contributed by atoms with Crippen molar-refractivity contribution in [1.29, 1.82) is 0 Å². The van der Waals surface area contributed by atoms with E-state index in [1.54, 1.807) is 4.68 Å². The molecular formula is C17H23N5O3. The van der Waals surface area contributed by atoms with Crippen LogP contribution in [-0.4, -0.2) is 49.9 Å². The average molecular weight is 345 g/mol. The molecule has 4 heterocycles. The van der Waals surface area contributed by atoms with Gasteiger partial charge in [0.05, 0.1) is 17.9 Å². The quantitative estimate of drug-likeness (QED) is 0.825. The third-order valence-corrected chi connectivity index (χ3v) is 5.23. The summed E-state index contributed by atoms with van der Waals surface area (Å²) < 4.78 is 12.5. The summed E-state index contributed by atoms with van der Waals surface area (Å²) in [7, 11) is 1.88. The van der Waals surface area contributed by atoms with Crippen molar-refractivity contribution in [1.82, 2.24) is 24.8 Å². The molecule has 25 heavy (non-hydrogen) atoms. The lowest BCUT2D eigenvalue weighted by molar-refractivity contribution is -0.00907. The minimum absolute atomic E-state index is 0.0183. The number of likely N-dealkylation sites (tertiary alicyclic amines) is 1. The van der Waals surface area contributed by atoms with Crippen LogP contribution < -0.4 is 0 Å². The smallest absolute Gasteiger partial charge is 0.274 e. The van der Waals surface area contributed by atoms with Gasteiger partial charge in [-0.1, -0.05) is 5.16 Å². The zero-order chi connectivity index (χ0) is 17.6. The highest BCUT2D eigenvalue weighted by molar-refractivity contribution is 5.94. The Bertz CT molecular complexity index is 762. The van der Waals surface area contributed by atoms with Gasteiger partial charge in [0, 0.05) is 38.0 Å². The van der Waals surface area contributed by atoms with Gasteiger partial charge in [-0.15, -0.1) is 0 Å². The monoisotopic (exact) mass is 345 g/mol. The molecule has 1 saturated heterocycles. The fourth-order valence-electron chi connectivity index (χ4n) is 4.06. The molecule has 4 rings (SSSR count). The summed E-state index contributed by atoms with van der Waals surface area (Å²) in [4.78, 5) is 19.1. The second kappa shape index (κ2) is 6.25. The van der Waals surface area contributed by atoms with Crippen LogP contribution in [0.3, 0.4) is 0 Å². The number of amides is 1. The summed E-state index contributed by atoms with van der Waals surface area (Å²) in [6, 6.07) is 0. The molecule has 2 aromatic heterocycles. The first kappa shape index (κ1) is 16.3. The molecule has 0 aromatic carbocycles. The third-order valence-electron chi connectivity index (χ3n) is 5.23. The molecule has 2 aliphatic heterocycles. The van der Waals surface area contributed by atoms with Crippen molar-refractivity contribution in [3.8, 4) is 0 Å². The van der Waals surface area contributed by atoms with E-state index in [4.69, 9.17) is 9.26 Å². The van der Waals surface area contributed by atoms with Crippen molar-refractivity contribution in [3.05, 3.63) is 29.2 Å². The zero-order valence-corrected chi connectivity index (χ0v) is 14.8. The molecule has 1 amide bonds. The second-order valence-electron chi connectivity index (χ2n) is 6.98. The van der Waals surface area contributed by atoms with Crippen LogP contribution in [0.2, 0.25) is 0 Å². The molecule has 0 radical (unpaired) electrons. The second-order valence-corrected chi connectivity index (χ2v) is 6.98. The molecule has 0 spiro atoms. The van der Waals surface area contributed by atoms with Crippen molar-refractivity contribution in [3.63, 3.8) is 0 Å². The standard InChI is InChI=1S/C17H23N5O3/c1-10-8-13-14(19-21(3)15(13)11(2)25-10)17(23)22-6-4-12(5-7-22)16-18-9-24-20-16/h9-12H,4-8H2,1-3H3/t10-,11+/m1/s1. The van der Waals surface area contributed by atoms with E-state index in [-0.39, 0.29) is 24.0 Å². The highest BCUT2D eigenvalue weighted by Crippen LogP contribution is 2.33. The Morgan fingerprint density at radius 1 is 1.28 bits per heavy atom. The van der Waals surface area contributed by atoms with Gasteiger partial charge in [-0.25, -0.2) is 0 Å². The van der Waals surface area contributed by atoms with Gasteiger partial charge in [0.15, 0.2) is 11.5 Å². The number of fused-ring (bicyclic) bond motifs is 1. The maximum absolute atomic E-state index is 13.1. The SMILES string of the molecule is C[C@@H]1Cc2c(C(=O)N3CCC(c4ncon4)CC3)nn(C)c2[C@H](C)O1. The van der Waals surface area contributed by atoms with E-state index in [1.807, 2.05) is 25.8 Å². The Labute approximate surface area is 146 Å². The van der Waals surface area contributed by atoms with E-state index in [0.29, 0.717) is 18.8 Å². The molecule has 0 saturated carbocycles. The summed E-state index contributed by atoms with van der Waals surface area (Å²) in [5, 5.41) is 8.45. The van der Waals surface area contributed by atoms with Crippen LogP contribution in [0, 0.1) is 0 Å². The molecule has 0 unspecified atom stereocenters. The average Bonchev–Trinajstić information content (AvgIpc) is 3.23. The maximum Gasteiger partial charge on any atom is 0.274 e. The fraction of sp³-hybridized carbons (Fsp3) is 0.647. The largest absolute Gasteiger partial charge is 0.369 e. The number of piperidine rings is 1. The summed E-state index contributed by atoms with van der Waals surface area (Å²) in [6.07, 6.45) is 3.83. The van der Waals surface area contributed by atoms with Gasteiger partial charge in [0.2, 0.25) is 6.39 Å². The Morgan fingerprint density at radius 2 is 2.04 bits per heavy atom. The zero-order valence-electron chi connectivity index (χ0n) is 14.8. The molecule has 0 aliphatic carbocycles. The number of hydrogen-bond donors (Lipinski definition) is 0. The Hall–Kier alpha value is -2.22. The van der Waals surface area contributed by atoms with Crippen molar-refractivity contribution >= 4 is 5.91 Å². The predicted molar refractivity (Wildman–Crippen MR) is 88.1 cm³/mol. The summed E-state index contributed by atoms with van der Waals surface area (Å²) >= 11 is 0. The number of aromatic nitrogens is 4. The van der Waals surface area contributed by atoms with Crippen molar-refractivity contribution in [2.75, 3.05) is 13.1 Å². The summed E-state index contributed by atoms with van der Waals surface area (Å²) in [5.74, 6) is 1.01. The van der Waals surface area contributed by atoms with Crippen LogP contribution in [0.25, 0.3) is 0 Å². The molecule has 8 heteroatoms. The molecule has 2 atom stereocenters. The lowest BCUT2D eigenvalue weighted by Crippen LogP contribution is -2.39. The number of aryl methyl sites for hydroxylation is 1. The van der Waals surface area contributed by atoms with Crippen LogP contribution in [0.15, 0.2) is 10.9 Å². The third kappa shape index (κ3) is 2.84. The molecule has 0 N–H and O–H groups in total. The molecular weight excluding hydrogens is 322 g/mol. The van der Waals surface area contributed by atoms with E-state index in [9.17, 15) is 4.79 Å². The Kier molecular flexibility index (Phi) is 4.07. The fourth-order valence-corrected chi connectivity index (χ4v) is 4.06. The number of ether oxygens (including phenoxy) is 1. The van der Waals surface area contributed by atoms with Crippen LogP contribution >= 0.6 is 0 Å². The van der Waals surface area contributed by atoms with E-state index in [1.165, 1.54) is 6.39 Å². The number of rotatable bonds is 2. The molecule has 134 valence electrons. The first-order valence-electron chi connectivity index (χ1n) is 8.81. The lowest BCUT2D eigenvalue weighted by Gasteiger charge is -2.31. The van der Waals surface area contributed by atoms with Gasteiger partial charge < -0.3 is 14.2 Å². The normalized spacial score (nSPS) is 24.4. The van der Waals surface area contributed by atoms with Crippen LogP contribution in [-0.2, 0) is 18.2 Å². The number of carbonyl (C=O) groups is 1. The molecule has 2 aliphatic rings. The van der Waals surface area contributed by atoms with Crippen molar-refractivity contribution in [2.45, 2.75) is 51.2 Å². The van der Waals surface area contributed by atoms with E-state index in [0.717, 1.165) is 36.3 Å².